The number of sulfonamides is 1. The Kier molecular flexibility index (Phi) is 3.28. The molecule has 0 aromatic rings. The van der Waals surface area contributed by atoms with E-state index >= 15 is 0 Å². The van der Waals surface area contributed by atoms with Gasteiger partial charge in [0.05, 0.1) is 32.6 Å². The number of carbonyl (C=O) groups excluding carboxylic acids is 1. The first-order valence-corrected chi connectivity index (χ1v) is 7.21. The summed E-state index contributed by atoms with van der Waals surface area (Å²) in [6.45, 7) is 1.23. The van der Waals surface area contributed by atoms with E-state index in [9.17, 15) is 13.2 Å². The van der Waals surface area contributed by atoms with Gasteiger partial charge in [0.2, 0.25) is 10.0 Å². The number of fused-ring (bicyclic) bond motifs is 1. The third-order valence-corrected chi connectivity index (χ3v) is 3.91. The molecule has 2 rings (SSSR count). The topological polar surface area (TPSA) is 84.9 Å². The molecular formula is C9H16N2O5S. The van der Waals surface area contributed by atoms with Crippen LogP contribution in [-0.4, -0.2) is 64.6 Å². The molecule has 98 valence electrons. The van der Waals surface area contributed by atoms with Gasteiger partial charge in [0.1, 0.15) is 0 Å². The Morgan fingerprint density at radius 1 is 1.47 bits per heavy atom. The zero-order chi connectivity index (χ0) is 12.6. The number of methoxy groups -OCH3 is 1. The smallest absolute Gasteiger partial charge is 0.409 e. The maximum atomic E-state index is 11.5. The fourth-order valence-corrected chi connectivity index (χ4v) is 3.27. The second-order valence-electron chi connectivity index (χ2n) is 4.39. The summed E-state index contributed by atoms with van der Waals surface area (Å²) in [6.07, 6.45) is 0.668. The highest BCUT2D eigenvalue weighted by Gasteiger charge is 2.48. The minimum Gasteiger partial charge on any atom is -0.453 e. The van der Waals surface area contributed by atoms with Crippen LogP contribution in [0.2, 0.25) is 0 Å². The van der Waals surface area contributed by atoms with Crippen molar-refractivity contribution in [3.05, 3.63) is 0 Å². The average Bonchev–Trinajstić information content (AvgIpc) is 2.78. The lowest BCUT2D eigenvalue weighted by molar-refractivity contribution is 0.103. The van der Waals surface area contributed by atoms with Gasteiger partial charge >= 0.3 is 6.09 Å². The first-order valence-electron chi connectivity index (χ1n) is 5.32. The quantitative estimate of drug-likeness (QED) is 0.691. The molecule has 0 aliphatic carbocycles. The molecule has 2 saturated heterocycles. The molecular weight excluding hydrogens is 248 g/mol. The Hall–Kier alpha value is -0.860. The molecule has 0 aromatic carbocycles. The molecule has 3 unspecified atom stereocenters. The van der Waals surface area contributed by atoms with Gasteiger partial charge in [0.15, 0.2) is 0 Å². The summed E-state index contributed by atoms with van der Waals surface area (Å²) in [7, 11) is -1.98. The van der Waals surface area contributed by atoms with Crippen molar-refractivity contribution in [2.24, 2.45) is 5.92 Å². The van der Waals surface area contributed by atoms with Crippen molar-refractivity contribution in [3.8, 4) is 0 Å². The number of carbonyl (C=O) groups is 1. The Bertz CT molecular complexity index is 410. The fourth-order valence-electron chi connectivity index (χ4n) is 2.47. The third-order valence-electron chi connectivity index (χ3n) is 3.18. The zero-order valence-electron chi connectivity index (χ0n) is 9.75. The van der Waals surface area contributed by atoms with E-state index in [1.54, 1.807) is 0 Å². The number of hydrogen-bond acceptors (Lipinski definition) is 5. The minimum atomic E-state index is -3.29. The van der Waals surface area contributed by atoms with Crippen molar-refractivity contribution in [3.63, 3.8) is 0 Å². The van der Waals surface area contributed by atoms with E-state index in [1.165, 1.54) is 12.0 Å². The summed E-state index contributed by atoms with van der Waals surface area (Å²) < 4.78 is 35.0. The molecule has 3 atom stereocenters. The second kappa shape index (κ2) is 4.43. The van der Waals surface area contributed by atoms with E-state index in [0.717, 1.165) is 6.26 Å². The largest absolute Gasteiger partial charge is 0.453 e. The van der Waals surface area contributed by atoms with E-state index in [1.807, 2.05) is 0 Å². The molecule has 0 aromatic heterocycles. The summed E-state index contributed by atoms with van der Waals surface area (Å²) in [4.78, 5) is 13.1. The van der Waals surface area contributed by atoms with Crippen molar-refractivity contribution in [2.45, 2.75) is 12.1 Å². The summed E-state index contributed by atoms with van der Waals surface area (Å²) in [5.74, 6) is 0.00354. The summed E-state index contributed by atoms with van der Waals surface area (Å²) in [5.41, 5.74) is 0. The number of amides is 1. The molecule has 0 bridgehead atoms. The number of hydrogen-bond donors (Lipinski definition) is 1. The van der Waals surface area contributed by atoms with Crippen LogP contribution in [0.1, 0.15) is 0 Å². The van der Waals surface area contributed by atoms with Crippen LogP contribution in [0, 0.1) is 5.92 Å². The molecule has 1 amide bonds. The van der Waals surface area contributed by atoms with Gasteiger partial charge in [-0.2, -0.15) is 0 Å². The van der Waals surface area contributed by atoms with Crippen LogP contribution in [0.25, 0.3) is 0 Å². The molecule has 8 heteroatoms. The first kappa shape index (κ1) is 12.6. The molecule has 2 fully saturated rings. The molecule has 17 heavy (non-hydrogen) atoms. The predicted molar refractivity (Wildman–Crippen MR) is 59.0 cm³/mol. The van der Waals surface area contributed by atoms with Crippen LogP contribution in [-0.2, 0) is 19.5 Å². The molecule has 1 N–H and O–H groups in total. The molecule has 2 aliphatic heterocycles. The van der Waals surface area contributed by atoms with Gasteiger partial charge in [0, 0.05) is 18.5 Å². The predicted octanol–water partition coefficient (Wildman–Crippen LogP) is -0.999. The molecule has 2 heterocycles. The van der Waals surface area contributed by atoms with Gasteiger partial charge in [-0.15, -0.1) is 0 Å². The zero-order valence-corrected chi connectivity index (χ0v) is 10.6. The highest BCUT2D eigenvalue weighted by molar-refractivity contribution is 7.88. The van der Waals surface area contributed by atoms with E-state index in [2.05, 4.69) is 9.46 Å². The van der Waals surface area contributed by atoms with E-state index in [-0.39, 0.29) is 18.0 Å². The van der Waals surface area contributed by atoms with Crippen molar-refractivity contribution in [1.82, 2.24) is 9.62 Å². The molecule has 2 aliphatic rings. The van der Waals surface area contributed by atoms with Crippen LogP contribution < -0.4 is 4.72 Å². The van der Waals surface area contributed by atoms with Gasteiger partial charge in [0.25, 0.3) is 0 Å². The minimum absolute atomic E-state index is 0.00354. The van der Waals surface area contributed by atoms with Gasteiger partial charge in [-0.25, -0.2) is 17.9 Å². The van der Waals surface area contributed by atoms with Crippen molar-refractivity contribution < 1.29 is 22.7 Å². The van der Waals surface area contributed by atoms with Crippen molar-refractivity contribution in [2.75, 3.05) is 33.1 Å². The second-order valence-corrected chi connectivity index (χ2v) is 6.17. The fraction of sp³-hybridized carbons (Fsp3) is 0.889. The van der Waals surface area contributed by atoms with Gasteiger partial charge in [-0.1, -0.05) is 0 Å². The lowest BCUT2D eigenvalue weighted by Gasteiger charge is -2.20. The lowest BCUT2D eigenvalue weighted by atomic mass is 10.0. The van der Waals surface area contributed by atoms with Gasteiger partial charge < -0.3 is 14.4 Å². The maximum absolute atomic E-state index is 11.5. The van der Waals surface area contributed by atoms with Crippen LogP contribution in [0.5, 0.6) is 0 Å². The van der Waals surface area contributed by atoms with Crippen LogP contribution in [0.4, 0.5) is 4.79 Å². The summed E-state index contributed by atoms with van der Waals surface area (Å²) in [5, 5.41) is 0. The Balaban J connectivity index is 2.13. The molecule has 7 nitrogen and oxygen atoms in total. The summed E-state index contributed by atoms with van der Waals surface area (Å²) >= 11 is 0. The van der Waals surface area contributed by atoms with E-state index in [0.29, 0.717) is 19.8 Å². The maximum Gasteiger partial charge on any atom is 0.409 e. The van der Waals surface area contributed by atoms with E-state index < -0.39 is 16.1 Å². The number of ether oxygens (including phenoxy) is 2. The Morgan fingerprint density at radius 3 is 2.76 bits per heavy atom. The number of nitrogens with one attached hydrogen (secondary N) is 1. The first-order chi connectivity index (χ1) is 7.92. The third kappa shape index (κ3) is 2.53. The number of rotatable bonds is 2. The molecule has 0 saturated carbocycles. The van der Waals surface area contributed by atoms with Crippen LogP contribution in [0.15, 0.2) is 0 Å². The monoisotopic (exact) mass is 264 g/mol. The summed E-state index contributed by atoms with van der Waals surface area (Å²) in [6, 6.07) is -0.390. The van der Waals surface area contributed by atoms with Gasteiger partial charge in [-0.05, 0) is 0 Å². The molecule has 0 radical (unpaired) electrons. The van der Waals surface area contributed by atoms with Gasteiger partial charge in [-0.3, -0.25) is 0 Å². The van der Waals surface area contributed by atoms with Crippen LogP contribution in [0.3, 0.4) is 0 Å². The number of nitrogens with zero attached hydrogens (tertiary/aromatic N) is 1. The highest BCUT2D eigenvalue weighted by Crippen LogP contribution is 2.30. The SMILES string of the molecule is COC(=O)N1CC(NS(C)(=O)=O)C2COCC21. The van der Waals surface area contributed by atoms with Crippen molar-refractivity contribution in [1.29, 1.82) is 0 Å². The average molecular weight is 264 g/mol. The lowest BCUT2D eigenvalue weighted by Crippen LogP contribution is -2.41. The van der Waals surface area contributed by atoms with Crippen LogP contribution >= 0.6 is 0 Å². The number of likely N-dealkylation sites (tertiary alicyclic amines) is 1. The Labute approximate surface area is 100 Å². The van der Waals surface area contributed by atoms with Crippen molar-refractivity contribution >= 4 is 16.1 Å². The molecule has 0 spiro atoms. The highest BCUT2D eigenvalue weighted by atomic mass is 32.2. The normalized spacial score (nSPS) is 32.6. The van der Waals surface area contributed by atoms with E-state index in [4.69, 9.17) is 4.74 Å². The standard InChI is InChI=1S/C9H16N2O5S/c1-15-9(12)11-3-7(10-17(2,13)14)6-4-16-5-8(6)11/h6-8,10H,3-5H2,1-2H3. The Morgan fingerprint density at radius 2 is 2.18 bits per heavy atom.